The topological polar surface area (TPSA) is 35.5 Å². The Morgan fingerprint density at radius 3 is 2.18 bits per heavy atom. The third-order valence-electron chi connectivity index (χ3n) is 3.69. The van der Waals surface area contributed by atoms with E-state index in [0.717, 1.165) is 40.7 Å². The molecule has 0 aliphatic carbocycles. The molecule has 3 nitrogen and oxygen atoms in total. The number of halogens is 4. The molecule has 0 saturated carbocycles. The van der Waals surface area contributed by atoms with E-state index >= 15 is 0 Å². The maximum Gasteiger partial charge on any atom is 0.134 e. The first-order valence-electron chi connectivity index (χ1n) is 6.93. The lowest BCUT2D eigenvalue weighted by atomic mass is 9.80. The predicted octanol–water partition coefficient (Wildman–Crippen LogP) is 4.75. The van der Waals surface area contributed by atoms with Crippen molar-refractivity contribution in [2.24, 2.45) is 5.41 Å². The van der Waals surface area contributed by atoms with Crippen LogP contribution in [0.2, 0.25) is 0 Å². The van der Waals surface area contributed by atoms with Gasteiger partial charge in [0.2, 0.25) is 0 Å². The van der Waals surface area contributed by atoms with Gasteiger partial charge in [0.1, 0.15) is 5.75 Å². The Kier molecular flexibility index (Phi) is 9.29. The minimum Gasteiger partial charge on any atom is -0.506 e. The molecule has 2 rings (SSSR count). The molecule has 1 atom stereocenters. The molecule has 1 aromatic carbocycles. The highest BCUT2D eigenvalue weighted by molar-refractivity contribution is 9.11. The third kappa shape index (κ3) is 5.25. The number of phenolic OH excluding ortho intramolecular Hbond substituents is 1. The summed E-state index contributed by atoms with van der Waals surface area (Å²) in [5.74, 6) is 0.353. The molecule has 128 valence electrons. The standard InChI is InChI=1S/C15H22Br2N2O.2ClH/c1-15(2,3)14(19-6-4-18-5-7-19)11-8-10(16)9-12(17)13(11)20;;/h8-9,14,18,20H,4-7H2,1-3H3;2*1H/t14-;;/m0../s1. The van der Waals surface area contributed by atoms with Gasteiger partial charge in [-0.2, -0.15) is 0 Å². The summed E-state index contributed by atoms with van der Waals surface area (Å²) in [5, 5.41) is 13.9. The van der Waals surface area contributed by atoms with Crippen LogP contribution in [0.5, 0.6) is 5.75 Å². The fourth-order valence-electron chi connectivity index (χ4n) is 2.95. The number of hydrogen-bond acceptors (Lipinski definition) is 3. The lowest BCUT2D eigenvalue weighted by Crippen LogP contribution is -2.48. The molecular weight excluding hydrogens is 455 g/mol. The van der Waals surface area contributed by atoms with Gasteiger partial charge in [-0.05, 0) is 33.5 Å². The summed E-state index contributed by atoms with van der Waals surface area (Å²) in [4.78, 5) is 2.46. The molecule has 1 aromatic rings. The molecule has 0 spiro atoms. The molecule has 0 aromatic heterocycles. The summed E-state index contributed by atoms with van der Waals surface area (Å²) in [5.41, 5.74) is 1.04. The minimum absolute atomic E-state index is 0. The average molecular weight is 479 g/mol. The molecule has 1 aliphatic rings. The fraction of sp³-hybridized carbons (Fsp3) is 0.600. The van der Waals surface area contributed by atoms with Crippen LogP contribution in [0.25, 0.3) is 0 Å². The highest BCUT2D eigenvalue weighted by atomic mass is 79.9. The second-order valence-corrected chi connectivity index (χ2v) is 8.15. The van der Waals surface area contributed by atoms with Crippen LogP contribution in [0.4, 0.5) is 0 Å². The van der Waals surface area contributed by atoms with Gasteiger partial charge in [0.25, 0.3) is 0 Å². The number of rotatable bonds is 2. The van der Waals surface area contributed by atoms with E-state index in [1.54, 1.807) is 0 Å². The van der Waals surface area contributed by atoms with Crippen molar-refractivity contribution < 1.29 is 5.11 Å². The number of hydrogen-bond donors (Lipinski definition) is 2. The SMILES string of the molecule is CC(C)(C)[C@H](c1cc(Br)cc(Br)c1O)N1CCNCC1.Cl.Cl. The van der Waals surface area contributed by atoms with Gasteiger partial charge in [0.05, 0.1) is 4.47 Å². The van der Waals surface area contributed by atoms with E-state index in [1.807, 2.05) is 12.1 Å². The Morgan fingerprint density at radius 2 is 1.68 bits per heavy atom. The van der Waals surface area contributed by atoms with E-state index < -0.39 is 0 Å². The van der Waals surface area contributed by atoms with E-state index in [1.165, 1.54) is 0 Å². The molecule has 0 radical (unpaired) electrons. The van der Waals surface area contributed by atoms with Gasteiger partial charge in [0.15, 0.2) is 0 Å². The van der Waals surface area contributed by atoms with Gasteiger partial charge >= 0.3 is 0 Å². The van der Waals surface area contributed by atoms with Crippen LogP contribution in [-0.4, -0.2) is 36.2 Å². The van der Waals surface area contributed by atoms with E-state index in [-0.39, 0.29) is 36.3 Å². The van der Waals surface area contributed by atoms with Crippen LogP contribution < -0.4 is 5.32 Å². The molecule has 2 N–H and O–H groups in total. The highest BCUT2D eigenvalue weighted by Crippen LogP contribution is 2.45. The summed E-state index contributed by atoms with van der Waals surface area (Å²) >= 11 is 6.98. The highest BCUT2D eigenvalue weighted by Gasteiger charge is 2.34. The molecular formula is C15H24Br2Cl2N2O. The minimum atomic E-state index is 0. The number of piperazine rings is 1. The summed E-state index contributed by atoms with van der Waals surface area (Å²) in [6, 6.07) is 4.12. The van der Waals surface area contributed by atoms with Gasteiger partial charge in [-0.15, -0.1) is 24.8 Å². The largest absolute Gasteiger partial charge is 0.506 e. The van der Waals surface area contributed by atoms with Crippen molar-refractivity contribution in [1.29, 1.82) is 0 Å². The lowest BCUT2D eigenvalue weighted by Gasteiger charge is -2.43. The average Bonchev–Trinajstić information content (AvgIpc) is 2.35. The van der Waals surface area contributed by atoms with Crippen LogP contribution >= 0.6 is 56.7 Å². The number of nitrogens with one attached hydrogen (secondary N) is 1. The third-order valence-corrected chi connectivity index (χ3v) is 4.75. The first-order valence-corrected chi connectivity index (χ1v) is 8.52. The zero-order valence-corrected chi connectivity index (χ0v) is 17.8. The monoisotopic (exact) mass is 476 g/mol. The van der Waals surface area contributed by atoms with E-state index in [2.05, 4.69) is 62.8 Å². The van der Waals surface area contributed by atoms with Gasteiger partial charge in [-0.3, -0.25) is 4.90 Å². The second-order valence-electron chi connectivity index (χ2n) is 6.38. The van der Waals surface area contributed by atoms with Crippen molar-refractivity contribution in [2.45, 2.75) is 26.8 Å². The molecule has 1 heterocycles. The molecule has 22 heavy (non-hydrogen) atoms. The molecule has 7 heteroatoms. The molecule has 0 unspecified atom stereocenters. The quantitative estimate of drug-likeness (QED) is 0.643. The lowest BCUT2D eigenvalue weighted by molar-refractivity contribution is 0.0841. The van der Waals surface area contributed by atoms with Crippen molar-refractivity contribution in [1.82, 2.24) is 10.2 Å². The summed E-state index contributed by atoms with van der Waals surface area (Å²) in [6.07, 6.45) is 0. The fourth-order valence-corrected chi connectivity index (χ4v) is 4.20. The zero-order valence-electron chi connectivity index (χ0n) is 13.0. The van der Waals surface area contributed by atoms with Crippen molar-refractivity contribution in [3.8, 4) is 5.75 Å². The van der Waals surface area contributed by atoms with Crippen molar-refractivity contribution in [3.05, 3.63) is 26.6 Å². The predicted molar refractivity (Wildman–Crippen MR) is 105 cm³/mol. The summed E-state index contributed by atoms with van der Waals surface area (Å²) in [6.45, 7) is 10.7. The number of nitrogens with zero attached hydrogens (tertiary/aromatic N) is 1. The van der Waals surface area contributed by atoms with Crippen molar-refractivity contribution in [2.75, 3.05) is 26.2 Å². The Balaban J connectivity index is 0.00000220. The molecule has 0 bridgehead atoms. The smallest absolute Gasteiger partial charge is 0.134 e. The van der Waals surface area contributed by atoms with E-state index in [4.69, 9.17) is 0 Å². The molecule has 0 amide bonds. The van der Waals surface area contributed by atoms with Crippen LogP contribution in [0.3, 0.4) is 0 Å². The number of aromatic hydroxyl groups is 1. The summed E-state index contributed by atoms with van der Waals surface area (Å²) < 4.78 is 1.73. The number of benzene rings is 1. The Bertz CT molecular complexity index is 489. The van der Waals surface area contributed by atoms with E-state index in [0.29, 0.717) is 5.75 Å². The Morgan fingerprint density at radius 1 is 1.14 bits per heavy atom. The zero-order chi connectivity index (χ0) is 14.9. The van der Waals surface area contributed by atoms with Gasteiger partial charge in [0, 0.05) is 42.3 Å². The molecule has 1 aliphatic heterocycles. The van der Waals surface area contributed by atoms with Crippen LogP contribution in [0.1, 0.15) is 32.4 Å². The summed E-state index contributed by atoms with van der Waals surface area (Å²) in [7, 11) is 0. The first-order chi connectivity index (χ1) is 9.30. The van der Waals surface area contributed by atoms with Crippen molar-refractivity contribution in [3.63, 3.8) is 0 Å². The van der Waals surface area contributed by atoms with Gasteiger partial charge in [-0.1, -0.05) is 36.7 Å². The maximum absolute atomic E-state index is 10.5. The van der Waals surface area contributed by atoms with Crippen molar-refractivity contribution >= 4 is 56.7 Å². The second kappa shape index (κ2) is 9.09. The van der Waals surface area contributed by atoms with Crippen LogP contribution in [0.15, 0.2) is 21.1 Å². The van der Waals surface area contributed by atoms with Gasteiger partial charge < -0.3 is 10.4 Å². The van der Waals surface area contributed by atoms with Crippen LogP contribution in [0, 0.1) is 5.41 Å². The van der Waals surface area contributed by atoms with Gasteiger partial charge in [-0.25, -0.2) is 0 Å². The van der Waals surface area contributed by atoms with E-state index in [9.17, 15) is 5.11 Å². The Hall–Kier alpha value is 0.480. The number of phenols is 1. The normalized spacial score (nSPS) is 17.3. The molecule has 1 fully saturated rings. The Labute approximate surface area is 162 Å². The first kappa shape index (κ1) is 22.5. The molecule has 1 saturated heterocycles. The van der Waals surface area contributed by atoms with Crippen LogP contribution in [-0.2, 0) is 0 Å². The maximum atomic E-state index is 10.5.